The average Bonchev–Trinajstić information content (AvgIpc) is 2.79. The van der Waals surface area contributed by atoms with Crippen molar-refractivity contribution in [3.8, 4) is 5.75 Å². The van der Waals surface area contributed by atoms with Crippen molar-refractivity contribution >= 4 is 8.32 Å². The second-order valence-corrected chi connectivity index (χ2v) is 15.3. The van der Waals surface area contributed by atoms with Gasteiger partial charge in [0.25, 0.3) is 0 Å². The first-order chi connectivity index (χ1) is 16.0. The van der Waals surface area contributed by atoms with Crippen molar-refractivity contribution < 1.29 is 23.7 Å². The van der Waals surface area contributed by atoms with Gasteiger partial charge in [-0.2, -0.15) is 0 Å². The molecule has 0 saturated heterocycles. The number of hydrogen-bond donors (Lipinski definition) is 1. The molecule has 0 amide bonds. The Labute approximate surface area is 207 Å². The highest BCUT2D eigenvalue weighted by Crippen LogP contribution is 2.36. The van der Waals surface area contributed by atoms with Gasteiger partial charge in [0.2, 0.25) is 0 Å². The van der Waals surface area contributed by atoms with Crippen LogP contribution in [0.1, 0.15) is 46.1 Å². The third-order valence-electron chi connectivity index (χ3n) is 6.67. The van der Waals surface area contributed by atoms with Crippen molar-refractivity contribution in [3.63, 3.8) is 0 Å². The van der Waals surface area contributed by atoms with Crippen molar-refractivity contribution in [2.75, 3.05) is 20.3 Å². The Morgan fingerprint density at radius 2 is 1.88 bits per heavy atom. The Morgan fingerprint density at radius 1 is 1.18 bits per heavy atom. The number of aliphatic hydroxyl groups excluding tert-OH is 1. The summed E-state index contributed by atoms with van der Waals surface area (Å²) in [7, 11) is -0.129. The summed E-state index contributed by atoms with van der Waals surface area (Å²) in [5.41, 5.74) is 2.34. The zero-order valence-corrected chi connectivity index (χ0v) is 23.0. The van der Waals surface area contributed by atoms with Crippen LogP contribution in [0.15, 0.2) is 60.2 Å². The number of hydrogen-bond acceptors (Lipinski definition) is 5. The van der Waals surface area contributed by atoms with E-state index in [0.29, 0.717) is 26.2 Å². The summed E-state index contributed by atoms with van der Waals surface area (Å²) in [5, 5.41) is 11.1. The van der Waals surface area contributed by atoms with Crippen molar-refractivity contribution in [3.05, 3.63) is 65.8 Å². The van der Waals surface area contributed by atoms with E-state index in [-0.39, 0.29) is 17.2 Å². The molecule has 3 atom stereocenters. The molecule has 1 aliphatic rings. The van der Waals surface area contributed by atoms with Gasteiger partial charge in [-0.25, -0.2) is 0 Å². The first-order valence-electron chi connectivity index (χ1n) is 12.2. The van der Waals surface area contributed by atoms with E-state index in [2.05, 4.69) is 46.9 Å². The van der Waals surface area contributed by atoms with E-state index in [1.54, 1.807) is 7.11 Å². The topological polar surface area (TPSA) is 57.2 Å². The second-order valence-electron chi connectivity index (χ2n) is 10.5. The molecule has 5 nitrogen and oxygen atoms in total. The summed E-state index contributed by atoms with van der Waals surface area (Å²) >= 11 is 0. The lowest BCUT2D eigenvalue weighted by atomic mass is 10.0. The number of rotatable bonds is 12. The Kier molecular flexibility index (Phi) is 11.2. The molecule has 0 aliphatic carbocycles. The third kappa shape index (κ3) is 9.51. The quantitative estimate of drug-likeness (QED) is 0.280. The van der Waals surface area contributed by atoms with Gasteiger partial charge in [-0.05, 0) is 55.6 Å². The molecule has 0 aromatic heterocycles. The average molecular weight is 489 g/mol. The summed E-state index contributed by atoms with van der Waals surface area (Å²) in [4.78, 5) is 0. The number of methoxy groups -OCH3 is 1. The zero-order valence-electron chi connectivity index (χ0n) is 22.0. The molecule has 1 N–H and O–H groups in total. The highest BCUT2D eigenvalue weighted by Gasteiger charge is 2.36. The molecule has 0 saturated carbocycles. The van der Waals surface area contributed by atoms with Crippen LogP contribution in [0.25, 0.3) is 0 Å². The van der Waals surface area contributed by atoms with Gasteiger partial charge in [0.05, 0.1) is 45.2 Å². The van der Waals surface area contributed by atoms with Crippen LogP contribution in [0.4, 0.5) is 0 Å². The van der Waals surface area contributed by atoms with Gasteiger partial charge in [0.1, 0.15) is 5.75 Å². The number of aliphatic hydroxyl groups is 1. The second kappa shape index (κ2) is 13.4. The van der Waals surface area contributed by atoms with Crippen LogP contribution in [0.5, 0.6) is 5.75 Å². The summed E-state index contributed by atoms with van der Waals surface area (Å²) in [6, 6.07) is 7.79. The molecule has 1 aliphatic heterocycles. The maximum atomic E-state index is 10.9. The first-order valence-corrected chi connectivity index (χ1v) is 15.1. The van der Waals surface area contributed by atoms with Gasteiger partial charge >= 0.3 is 0 Å². The minimum absolute atomic E-state index is 0.00424. The lowest BCUT2D eigenvalue weighted by Crippen LogP contribution is -2.40. The highest BCUT2D eigenvalue weighted by molar-refractivity contribution is 6.74. The van der Waals surface area contributed by atoms with E-state index in [0.717, 1.165) is 17.7 Å². The minimum Gasteiger partial charge on any atom is -0.497 e. The molecule has 0 bridgehead atoms. The van der Waals surface area contributed by atoms with E-state index in [1.165, 1.54) is 5.57 Å². The minimum atomic E-state index is -1.78. The summed E-state index contributed by atoms with van der Waals surface area (Å²) < 4.78 is 23.3. The van der Waals surface area contributed by atoms with Crippen LogP contribution in [0, 0.1) is 0 Å². The van der Waals surface area contributed by atoms with Gasteiger partial charge in [-0.15, -0.1) is 0 Å². The van der Waals surface area contributed by atoms with Gasteiger partial charge < -0.3 is 23.7 Å². The molecular weight excluding hydrogens is 444 g/mol. The smallest absolute Gasteiger partial charge is 0.192 e. The molecule has 190 valence electrons. The Bertz CT molecular complexity index is 820. The summed E-state index contributed by atoms with van der Waals surface area (Å²) in [6.07, 6.45) is 10.3. The molecule has 0 fully saturated rings. The molecule has 1 aromatic rings. The maximum Gasteiger partial charge on any atom is 0.192 e. The van der Waals surface area contributed by atoms with Crippen LogP contribution in [-0.2, 0) is 20.5 Å². The normalized spacial score (nSPS) is 19.4. The number of ether oxygens (including phenoxy) is 3. The monoisotopic (exact) mass is 488 g/mol. The van der Waals surface area contributed by atoms with Crippen LogP contribution in [0.2, 0.25) is 18.1 Å². The molecule has 1 heterocycles. The van der Waals surface area contributed by atoms with Crippen LogP contribution >= 0.6 is 0 Å². The van der Waals surface area contributed by atoms with E-state index in [4.69, 9.17) is 18.6 Å². The number of benzene rings is 1. The first kappa shape index (κ1) is 28.5. The largest absolute Gasteiger partial charge is 0.497 e. The zero-order chi connectivity index (χ0) is 25.2. The van der Waals surface area contributed by atoms with Crippen molar-refractivity contribution in [2.45, 2.75) is 83.6 Å². The lowest BCUT2D eigenvalue weighted by molar-refractivity contribution is -0.0251. The Hall–Kier alpha value is -1.70. The van der Waals surface area contributed by atoms with Gasteiger partial charge in [-0.3, -0.25) is 0 Å². The maximum absolute atomic E-state index is 10.9. The van der Waals surface area contributed by atoms with Crippen molar-refractivity contribution in [2.24, 2.45) is 0 Å². The fourth-order valence-corrected chi connectivity index (χ4v) is 4.21. The standard InChI is InChI=1S/C28H44O5Si/c1-22-17-19-31-25(20-22)15-16-26(29)27(32-21-23-11-13-24(30-5)14-12-23)10-8-9-18-33-34(6,7)28(2,3)4/h8-9,11-17,25-27,29H,10,18-21H2,1-7H3/b9-8+,16-15+/t25-,26+,27+/m1/s1. The fourth-order valence-electron chi connectivity index (χ4n) is 3.26. The lowest BCUT2D eigenvalue weighted by Gasteiger charge is -2.35. The molecule has 0 spiro atoms. The van der Waals surface area contributed by atoms with E-state index in [1.807, 2.05) is 48.6 Å². The SMILES string of the molecule is COc1ccc(CO[C@@H](C/C=C/CO[Si](C)(C)C(C)(C)C)[C@@H](O)/C=C/[C@@H]2CC(C)=CCO2)cc1. The van der Waals surface area contributed by atoms with E-state index >= 15 is 0 Å². The molecular formula is C28H44O5Si. The Balaban J connectivity index is 1.98. The molecule has 2 rings (SSSR count). The molecule has 34 heavy (non-hydrogen) atoms. The third-order valence-corrected chi connectivity index (χ3v) is 11.2. The van der Waals surface area contributed by atoms with Gasteiger partial charge in [-0.1, -0.05) is 68.9 Å². The van der Waals surface area contributed by atoms with Gasteiger partial charge in [0.15, 0.2) is 8.32 Å². The summed E-state index contributed by atoms with van der Waals surface area (Å²) in [5.74, 6) is 0.810. The molecule has 1 aromatic carbocycles. The Morgan fingerprint density at radius 3 is 2.50 bits per heavy atom. The predicted octanol–water partition coefficient (Wildman–Crippen LogP) is 6.20. The molecule has 0 unspecified atom stereocenters. The fraction of sp³-hybridized carbons (Fsp3) is 0.571. The predicted molar refractivity (Wildman–Crippen MR) is 142 cm³/mol. The van der Waals surface area contributed by atoms with E-state index < -0.39 is 14.4 Å². The molecule has 0 radical (unpaired) electrons. The van der Waals surface area contributed by atoms with Crippen LogP contribution in [0.3, 0.4) is 0 Å². The summed E-state index contributed by atoms with van der Waals surface area (Å²) in [6.45, 7) is 14.9. The van der Waals surface area contributed by atoms with Crippen LogP contribution in [-0.4, -0.2) is 52.1 Å². The van der Waals surface area contributed by atoms with Gasteiger partial charge in [0, 0.05) is 0 Å². The molecule has 6 heteroatoms. The van der Waals surface area contributed by atoms with E-state index in [9.17, 15) is 5.11 Å². The van der Waals surface area contributed by atoms with Crippen molar-refractivity contribution in [1.29, 1.82) is 0 Å². The highest BCUT2D eigenvalue weighted by atomic mass is 28.4. The van der Waals surface area contributed by atoms with Crippen LogP contribution < -0.4 is 4.74 Å². The van der Waals surface area contributed by atoms with Crippen molar-refractivity contribution in [1.82, 2.24) is 0 Å².